The van der Waals surface area contributed by atoms with E-state index in [1.54, 1.807) is 0 Å². The number of ether oxygens (including phenoxy) is 3. The van der Waals surface area contributed by atoms with Gasteiger partial charge in [-0.1, -0.05) is 51.9 Å². The Kier molecular flexibility index (Phi) is 12.7. The Morgan fingerprint density at radius 3 is 2.49 bits per heavy atom. The van der Waals surface area contributed by atoms with Crippen LogP contribution in [0.3, 0.4) is 0 Å². The predicted molar refractivity (Wildman–Crippen MR) is 125 cm³/mol. The molecule has 2 aromatic rings. The summed E-state index contributed by atoms with van der Waals surface area (Å²) in [6, 6.07) is 0. The molecule has 0 saturated carbocycles. The number of nitrogens with zero attached hydrogens (tertiary/aromatic N) is 10. The average Bonchev–Trinajstić information content (AvgIpc) is 3.26. The lowest BCUT2D eigenvalue weighted by Gasteiger charge is -2.16. The molecule has 35 heavy (non-hydrogen) atoms. The summed E-state index contributed by atoms with van der Waals surface area (Å²) in [5.74, 6) is -0.370. The zero-order chi connectivity index (χ0) is 25.3. The van der Waals surface area contributed by atoms with Crippen molar-refractivity contribution in [2.75, 3.05) is 19.8 Å². The van der Waals surface area contributed by atoms with Crippen molar-refractivity contribution < 1.29 is 24.1 Å². The van der Waals surface area contributed by atoms with Crippen LogP contribution >= 0.6 is 0 Å². The summed E-state index contributed by atoms with van der Waals surface area (Å²) in [4.78, 5) is 29.0. The molecule has 0 aliphatic carbocycles. The first-order chi connectivity index (χ1) is 17.1. The van der Waals surface area contributed by atoms with Gasteiger partial charge in [-0.15, -0.1) is 0 Å². The van der Waals surface area contributed by atoms with Gasteiger partial charge in [0.25, 0.3) is 0 Å². The zero-order valence-corrected chi connectivity index (χ0v) is 19.7. The molecule has 190 valence electrons. The van der Waals surface area contributed by atoms with E-state index in [0.717, 1.165) is 19.3 Å². The van der Waals surface area contributed by atoms with Gasteiger partial charge in [0.2, 0.25) is 5.95 Å². The van der Waals surface area contributed by atoms with E-state index in [1.807, 2.05) is 0 Å². The van der Waals surface area contributed by atoms with Gasteiger partial charge in [0.05, 0.1) is 19.5 Å². The molecule has 0 aromatic carbocycles. The molecule has 1 atom stereocenters. The second kappa shape index (κ2) is 16.1. The molecular formula is C20H30N10O5. The summed E-state index contributed by atoms with van der Waals surface area (Å²) >= 11 is 0. The highest BCUT2D eigenvalue weighted by Crippen LogP contribution is 2.24. The lowest BCUT2D eigenvalue weighted by molar-refractivity contribution is -0.0616. The fourth-order valence-electron chi connectivity index (χ4n) is 3.14. The van der Waals surface area contributed by atoms with Gasteiger partial charge in [-0.3, -0.25) is 4.57 Å². The second-order valence-corrected chi connectivity index (χ2v) is 7.60. The maximum absolute atomic E-state index is 11.8. The van der Waals surface area contributed by atoms with Gasteiger partial charge >= 0.3 is 6.16 Å². The van der Waals surface area contributed by atoms with Gasteiger partial charge in [-0.2, -0.15) is 0 Å². The third-order valence-electron chi connectivity index (χ3n) is 4.97. The Labute approximate surface area is 201 Å². The molecule has 2 aromatic heterocycles. The third-order valence-corrected chi connectivity index (χ3v) is 4.97. The van der Waals surface area contributed by atoms with Crippen LogP contribution in [0.4, 0.5) is 16.6 Å². The molecule has 15 nitrogen and oxygen atoms in total. The van der Waals surface area contributed by atoms with Crippen molar-refractivity contribution >= 4 is 29.1 Å². The first-order valence-electron chi connectivity index (χ1n) is 11.5. The number of rotatable bonds is 17. The number of imidazole rings is 1. The number of carbonyl (C=O) groups excluding carboxylic acids is 1. The lowest BCUT2D eigenvalue weighted by Crippen LogP contribution is -2.27. The van der Waals surface area contributed by atoms with Crippen LogP contribution in [0.1, 0.15) is 58.3 Å². The number of fused-ring (bicyclic) bond motifs is 1. The van der Waals surface area contributed by atoms with Gasteiger partial charge < -0.3 is 19.3 Å². The Hall–Kier alpha value is -3.64. The molecule has 1 N–H and O–H groups in total. The number of hydrogen-bond donors (Lipinski definition) is 1. The molecule has 0 radical (unpaired) electrons. The molecule has 15 heteroatoms. The van der Waals surface area contributed by atoms with Crippen LogP contribution in [0, 0.1) is 0 Å². The molecule has 0 aliphatic rings. The van der Waals surface area contributed by atoms with E-state index >= 15 is 0 Å². The number of unbranched alkanes of at least 4 members (excludes halogenated alkanes) is 7. The van der Waals surface area contributed by atoms with E-state index in [4.69, 9.17) is 25.3 Å². The number of aliphatic hydroxyl groups is 1. The zero-order valence-electron chi connectivity index (χ0n) is 19.7. The fourth-order valence-corrected chi connectivity index (χ4v) is 3.14. The quantitative estimate of drug-likeness (QED) is 0.100. The van der Waals surface area contributed by atoms with Crippen molar-refractivity contribution in [3.63, 3.8) is 0 Å². The van der Waals surface area contributed by atoms with Crippen LogP contribution in [-0.2, 0) is 20.9 Å². The van der Waals surface area contributed by atoms with Crippen molar-refractivity contribution in [1.29, 1.82) is 0 Å². The highest BCUT2D eigenvalue weighted by atomic mass is 16.7. The number of carbonyl (C=O) groups is 1. The van der Waals surface area contributed by atoms with Crippen LogP contribution in [0.15, 0.2) is 16.6 Å². The van der Waals surface area contributed by atoms with Crippen LogP contribution in [0.25, 0.3) is 32.0 Å². The molecule has 0 spiro atoms. The van der Waals surface area contributed by atoms with Crippen LogP contribution < -0.4 is 0 Å². The minimum atomic E-state index is -0.835. The lowest BCUT2D eigenvalue weighted by atomic mass is 10.1. The molecule has 0 bridgehead atoms. The van der Waals surface area contributed by atoms with Gasteiger partial charge in [-0.25, -0.2) is 19.7 Å². The number of hydrogen-bond acceptors (Lipinski definition) is 10. The number of aromatic nitrogens is 4. The van der Waals surface area contributed by atoms with E-state index in [9.17, 15) is 9.90 Å². The second-order valence-electron chi connectivity index (χ2n) is 7.60. The molecule has 0 saturated heterocycles. The van der Waals surface area contributed by atoms with Crippen LogP contribution in [0.5, 0.6) is 0 Å². The molecule has 1 unspecified atom stereocenters. The predicted octanol–water partition coefficient (Wildman–Crippen LogP) is 5.34. The molecule has 2 heterocycles. The Morgan fingerprint density at radius 1 is 1.09 bits per heavy atom. The van der Waals surface area contributed by atoms with Crippen LogP contribution in [0.2, 0.25) is 0 Å². The van der Waals surface area contributed by atoms with Gasteiger partial charge in [0.1, 0.15) is 25.0 Å². The number of azide groups is 2. The summed E-state index contributed by atoms with van der Waals surface area (Å²) in [5.41, 5.74) is 17.7. The first kappa shape index (κ1) is 27.6. The largest absolute Gasteiger partial charge is 0.508 e. The van der Waals surface area contributed by atoms with E-state index in [2.05, 4.69) is 41.9 Å². The SMILES string of the molecule is CCCCCCCCCCOC(=O)OCC(CO)OCn1cnc2c(N=[N+]=[N-])nc(N=[N+]=[N-])nc21. The molecular weight excluding hydrogens is 460 g/mol. The molecule has 0 fully saturated rings. The standard InChI is InChI=1S/C20H30N10O5/c1-2-3-4-5-6-7-8-9-10-33-20(32)34-12-15(11-31)35-14-30-13-23-16-17(26-28-21)24-19(27-29-22)25-18(16)30/h13,15,31H,2-12,14H2,1H3. The fraction of sp³-hybridized carbons (Fsp3) is 0.700. The topological polar surface area (TPSA) is 206 Å². The monoisotopic (exact) mass is 490 g/mol. The minimum absolute atomic E-state index is 0.111. The summed E-state index contributed by atoms with van der Waals surface area (Å²) < 4.78 is 17.1. The third kappa shape index (κ3) is 9.63. The van der Waals surface area contributed by atoms with E-state index in [0.29, 0.717) is 0 Å². The van der Waals surface area contributed by atoms with Crippen LogP contribution in [-0.4, -0.2) is 56.7 Å². The molecule has 0 aliphatic heterocycles. The molecule has 0 amide bonds. The Morgan fingerprint density at radius 2 is 1.80 bits per heavy atom. The smallest absolute Gasteiger partial charge is 0.434 e. The average molecular weight is 491 g/mol. The van der Waals surface area contributed by atoms with Crippen molar-refractivity contribution in [1.82, 2.24) is 19.5 Å². The summed E-state index contributed by atoms with van der Waals surface area (Å²) in [7, 11) is 0. The Bertz CT molecular complexity index is 1030. The van der Waals surface area contributed by atoms with Crippen molar-refractivity contribution in [2.45, 2.75) is 71.1 Å². The van der Waals surface area contributed by atoms with Gasteiger partial charge in [0.15, 0.2) is 11.5 Å². The highest BCUT2D eigenvalue weighted by molar-refractivity contribution is 5.82. The summed E-state index contributed by atoms with van der Waals surface area (Å²) in [6.07, 6.45) is 8.78. The van der Waals surface area contributed by atoms with Crippen molar-refractivity contribution in [3.05, 3.63) is 27.2 Å². The van der Waals surface area contributed by atoms with Crippen molar-refractivity contribution in [2.24, 2.45) is 10.2 Å². The first-order valence-corrected chi connectivity index (χ1v) is 11.5. The minimum Gasteiger partial charge on any atom is -0.434 e. The summed E-state index contributed by atoms with van der Waals surface area (Å²) in [5, 5.41) is 16.3. The maximum Gasteiger partial charge on any atom is 0.508 e. The van der Waals surface area contributed by atoms with E-state index in [-0.39, 0.29) is 42.9 Å². The van der Waals surface area contributed by atoms with Gasteiger partial charge in [0, 0.05) is 9.82 Å². The number of aliphatic hydroxyl groups excluding tert-OH is 1. The van der Waals surface area contributed by atoms with Crippen molar-refractivity contribution in [3.8, 4) is 0 Å². The summed E-state index contributed by atoms with van der Waals surface area (Å²) in [6.45, 7) is 1.69. The molecule has 2 rings (SSSR count). The van der Waals surface area contributed by atoms with Gasteiger partial charge in [-0.05, 0) is 27.7 Å². The Balaban J connectivity index is 1.77. The normalized spacial score (nSPS) is 11.5. The highest BCUT2D eigenvalue weighted by Gasteiger charge is 2.16. The van der Waals surface area contributed by atoms with E-state index < -0.39 is 18.9 Å². The van der Waals surface area contributed by atoms with E-state index in [1.165, 1.54) is 43.0 Å². The maximum atomic E-state index is 11.8.